The second kappa shape index (κ2) is 5.14. The number of carbonyl (C=O) groups is 1. The molecule has 98 valence electrons. The Labute approximate surface area is 112 Å². The highest BCUT2D eigenvalue weighted by Crippen LogP contribution is 2.22. The van der Waals surface area contributed by atoms with E-state index in [4.69, 9.17) is 0 Å². The van der Waals surface area contributed by atoms with Crippen LogP contribution in [0, 0.1) is 20.8 Å². The number of rotatable bonds is 2. The van der Waals surface area contributed by atoms with Crippen LogP contribution in [-0.4, -0.2) is 11.0 Å². The number of nitrogens with one attached hydrogen (secondary N) is 1. The van der Waals surface area contributed by atoms with Crippen LogP contribution < -0.4 is 5.32 Å². The Balaban J connectivity index is 2.31. The molecule has 0 spiro atoms. The molecule has 0 unspecified atom stereocenters. The van der Waals surface area contributed by atoms with Crippen molar-refractivity contribution in [3.8, 4) is 5.75 Å². The Bertz CT molecular complexity index is 612. The number of phenolic OH excluding ortho intramolecular Hbond substituents is 1. The summed E-state index contributed by atoms with van der Waals surface area (Å²) < 4.78 is 0. The number of phenols is 1. The van der Waals surface area contributed by atoms with Gasteiger partial charge >= 0.3 is 0 Å². The minimum atomic E-state index is -0.121. The Morgan fingerprint density at radius 1 is 1.00 bits per heavy atom. The molecule has 0 saturated carbocycles. The maximum Gasteiger partial charge on any atom is 0.256 e. The van der Waals surface area contributed by atoms with Crippen LogP contribution in [0.15, 0.2) is 36.4 Å². The molecule has 0 heterocycles. The van der Waals surface area contributed by atoms with E-state index in [1.54, 1.807) is 18.2 Å². The van der Waals surface area contributed by atoms with Crippen molar-refractivity contribution in [3.63, 3.8) is 0 Å². The van der Waals surface area contributed by atoms with Crippen molar-refractivity contribution in [2.75, 3.05) is 5.32 Å². The summed E-state index contributed by atoms with van der Waals surface area (Å²) in [6.07, 6.45) is 0. The van der Waals surface area contributed by atoms with Gasteiger partial charge in [-0.05, 0) is 55.7 Å². The maximum absolute atomic E-state index is 12.3. The van der Waals surface area contributed by atoms with Crippen molar-refractivity contribution >= 4 is 11.6 Å². The molecule has 0 radical (unpaired) electrons. The fraction of sp³-hybridized carbons (Fsp3) is 0.188. The number of hydrogen-bond acceptors (Lipinski definition) is 2. The summed E-state index contributed by atoms with van der Waals surface area (Å²) in [5.74, 6) is 0.0759. The van der Waals surface area contributed by atoms with Crippen LogP contribution in [0.3, 0.4) is 0 Å². The smallest absolute Gasteiger partial charge is 0.256 e. The lowest BCUT2D eigenvalue weighted by molar-refractivity contribution is 0.102. The number of aromatic hydroxyl groups is 1. The lowest BCUT2D eigenvalue weighted by Crippen LogP contribution is -2.15. The number of benzene rings is 2. The average Bonchev–Trinajstić information content (AvgIpc) is 2.32. The summed E-state index contributed by atoms with van der Waals surface area (Å²) in [6, 6.07) is 10.7. The first-order valence-electron chi connectivity index (χ1n) is 6.16. The third kappa shape index (κ3) is 2.76. The first-order chi connectivity index (χ1) is 8.99. The monoisotopic (exact) mass is 255 g/mol. The second-order valence-electron chi connectivity index (χ2n) is 4.72. The summed E-state index contributed by atoms with van der Waals surface area (Å²) in [6.45, 7) is 5.69. The molecule has 0 aliphatic carbocycles. The van der Waals surface area contributed by atoms with Crippen molar-refractivity contribution in [1.29, 1.82) is 0 Å². The topological polar surface area (TPSA) is 49.3 Å². The highest BCUT2D eigenvalue weighted by Gasteiger charge is 2.12. The van der Waals surface area contributed by atoms with E-state index in [0.29, 0.717) is 11.3 Å². The molecule has 19 heavy (non-hydrogen) atoms. The third-order valence-electron chi connectivity index (χ3n) is 3.17. The number of aryl methyl sites for hydroxylation is 3. The number of amides is 1. The fourth-order valence-corrected chi connectivity index (χ4v) is 2.15. The zero-order valence-electron chi connectivity index (χ0n) is 11.3. The first kappa shape index (κ1) is 13.1. The number of anilines is 1. The van der Waals surface area contributed by atoms with Gasteiger partial charge < -0.3 is 10.4 Å². The zero-order chi connectivity index (χ0) is 14.0. The van der Waals surface area contributed by atoms with E-state index < -0.39 is 0 Å². The molecule has 0 bridgehead atoms. The Morgan fingerprint density at radius 3 is 2.21 bits per heavy atom. The minimum absolute atomic E-state index is 0.121. The van der Waals surface area contributed by atoms with Crippen LogP contribution in [0.4, 0.5) is 5.69 Å². The van der Waals surface area contributed by atoms with E-state index in [9.17, 15) is 9.90 Å². The molecule has 1 amide bonds. The van der Waals surface area contributed by atoms with Crippen LogP contribution in [0.5, 0.6) is 5.75 Å². The van der Waals surface area contributed by atoms with E-state index in [-0.39, 0.29) is 11.7 Å². The molecule has 0 saturated heterocycles. The van der Waals surface area contributed by atoms with Crippen LogP contribution in [0.25, 0.3) is 0 Å². The summed E-state index contributed by atoms with van der Waals surface area (Å²) in [5, 5.41) is 12.2. The molecule has 2 rings (SSSR count). The number of hydrogen-bond donors (Lipinski definition) is 2. The highest BCUT2D eigenvalue weighted by atomic mass is 16.3. The van der Waals surface area contributed by atoms with Crippen LogP contribution in [0.1, 0.15) is 27.0 Å². The van der Waals surface area contributed by atoms with Crippen LogP contribution >= 0.6 is 0 Å². The van der Waals surface area contributed by atoms with Crippen LogP contribution in [-0.2, 0) is 0 Å². The van der Waals surface area contributed by atoms with Crippen molar-refractivity contribution < 1.29 is 9.90 Å². The van der Waals surface area contributed by atoms with Gasteiger partial charge in [-0.15, -0.1) is 0 Å². The average molecular weight is 255 g/mol. The third-order valence-corrected chi connectivity index (χ3v) is 3.17. The molecule has 2 aromatic carbocycles. The molecule has 3 heteroatoms. The van der Waals surface area contributed by atoms with Gasteiger partial charge in [0.25, 0.3) is 5.91 Å². The molecule has 0 atom stereocenters. The van der Waals surface area contributed by atoms with E-state index in [2.05, 4.69) is 5.32 Å². The van der Waals surface area contributed by atoms with Crippen molar-refractivity contribution in [1.82, 2.24) is 0 Å². The predicted octanol–water partition coefficient (Wildman–Crippen LogP) is 3.57. The normalized spacial score (nSPS) is 10.3. The molecule has 3 nitrogen and oxygen atoms in total. The summed E-state index contributed by atoms with van der Waals surface area (Å²) in [4.78, 5) is 12.3. The minimum Gasteiger partial charge on any atom is -0.508 e. The molecule has 2 N–H and O–H groups in total. The van der Waals surface area contributed by atoms with Gasteiger partial charge in [0.1, 0.15) is 5.75 Å². The first-order valence-corrected chi connectivity index (χ1v) is 6.16. The summed E-state index contributed by atoms with van der Waals surface area (Å²) in [5.41, 5.74) is 4.16. The van der Waals surface area contributed by atoms with Gasteiger partial charge in [-0.25, -0.2) is 0 Å². The highest BCUT2D eigenvalue weighted by molar-refractivity contribution is 6.06. The van der Waals surface area contributed by atoms with Crippen molar-refractivity contribution in [2.24, 2.45) is 0 Å². The molecule has 0 fully saturated rings. The van der Waals surface area contributed by atoms with Gasteiger partial charge in [0.15, 0.2) is 0 Å². The van der Waals surface area contributed by atoms with Gasteiger partial charge in [-0.3, -0.25) is 4.79 Å². The second-order valence-corrected chi connectivity index (χ2v) is 4.72. The summed E-state index contributed by atoms with van der Waals surface area (Å²) >= 11 is 0. The largest absolute Gasteiger partial charge is 0.508 e. The quantitative estimate of drug-likeness (QED) is 0.806. The fourth-order valence-electron chi connectivity index (χ4n) is 2.15. The van der Waals surface area contributed by atoms with Gasteiger partial charge in [-0.2, -0.15) is 0 Å². The summed E-state index contributed by atoms with van der Waals surface area (Å²) in [7, 11) is 0. The van der Waals surface area contributed by atoms with Crippen LogP contribution in [0.2, 0.25) is 0 Å². The lowest BCUT2D eigenvalue weighted by atomic mass is 10.0. The van der Waals surface area contributed by atoms with Gasteiger partial charge in [-0.1, -0.05) is 18.2 Å². The van der Waals surface area contributed by atoms with E-state index >= 15 is 0 Å². The molecule has 0 aliphatic rings. The number of carbonyl (C=O) groups excluding carboxylic acids is 1. The molecular weight excluding hydrogens is 238 g/mol. The van der Waals surface area contributed by atoms with Gasteiger partial charge in [0.2, 0.25) is 0 Å². The molecule has 2 aromatic rings. The van der Waals surface area contributed by atoms with Crippen molar-refractivity contribution in [3.05, 3.63) is 58.7 Å². The Hall–Kier alpha value is -2.29. The Kier molecular flexibility index (Phi) is 3.56. The van der Waals surface area contributed by atoms with Crippen molar-refractivity contribution in [2.45, 2.75) is 20.8 Å². The molecule has 0 aromatic heterocycles. The van der Waals surface area contributed by atoms with Gasteiger partial charge in [0, 0.05) is 11.3 Å². The SMILES string of the molecule is Cc1cc(O)ccc1NC(=O)c1c(C)cccc1C. The molecule has 0 aliphatic heterocycles. The zero-order valence-corrected chi connectivity index (χ0v) is 11.3. The Morgan fingerprint density at radius 2 is 1.63 bits per heavy atom. The van der Waals surface area contributed by atoms with E-state index in [0.717, 1.165) is 16.7 Å². The lowest BCUT2D eigenvalue weighted by Gasteiger charge is -2.12. The predicted molar refractivity (Wildman–Crippen MR) is 76.7 cm³/mol. The van der Waals surface area contributed by atoms with Gasteiger partial charge in [0.05, 0.1) is 0 Å². The standard InChI is InChI=1S/C16H17NO2/c1-10-5-4-6-11(2)15(10)16(19)17-14-8-7-13(18)9-12(14)3/h4-9,18H,1-3H3,(H,17,19). The maximum atomic E-state index is 12.3. The van der Waals surface area contributed by atoms with E-state index in [1.165, 1.54) is 0 Å². The molecular formula is C16H17NO2. The van der Waals surface area contributed by atoms with E-state index in [1.807, 2.05) is 39.0 Å².